The molecule has 18 heteroatoms. The molecule has 2 aromatic rings. The molecule has 0 radical (unpaired) electrons. The first-order valence-corrected chi connectivity index (χ1v) is 29.0. The van der Waals surface area contributed by atoms with Gasteiger partial charge in [-0.25, -0.2) is 0 Å². The molecule has 1 N–H and O–H groups in total. The van der Waals surface area contributed by atoms with E-state index >= 15 is 0 Å². The van der Waals surface area contributed by atoms with E-state index < -0.39 is 67.6 Å². The van der Waals surface area contributed by atoms with Crippen molar-refractivity contribution in [1.29, 1.82) is 0 Å². The molecule has 0 saturated heterocycles. The average molecular weight is 1030 g/mol. The lowest BCUT2D eigenvalue weighted by molar-refractivity contribution is -0.164. The van der Waals surface area contributed by atoms with Gasteiger partial charge in [-0.3, -0.25) is 33.1 Å². The molecule has 0 amide bonds. The van der Waals surface area contributed by atoms with Crippen molar-refractivity contribution >= 4 is 90.5 Å². The second kappa shape index (κ2) is 27.8. The number of benzene rings is 2. The third kappa shape index (κ3) is 15.8. The summed E-state index contributed by atoms with van der Waals surface area (Å²) in [7, 11) is -7.58. The Hall–Kier alpha value is -3.46. The quantitative estimate of drug-likeness (QED) is 0.0259. The summed E-state index contributed by atoms with van der Waals surface area (Å²) in [5.74, 6) is -1.22. The maximum Gasteiger partial charge on any atom is 0.306 e. The van der Waals surface area contributed by atoms with E-state index in [-0.39, 0.29) is 69.9 Å². The molecule has 6 unspecified atom stereocenters. The molecule has 0 bridgehead atoms. The van der Waals surface area contributed by atoms with E-state index in [2.05, 4.69) is 12.6 Å². The zero-order chi connectivity index (χ0) is 49.9. The molecule has 0 heterocycles. The van der Waals surface area contributed by atoms with Gasteiger partial charge in [-0.2, -0.15) is 36.2 Å². The number of hydrogen-bond donors (Lipinski definition) is 2. The summed E-state index contributed by atoms with van der Waals surface area (Å²) in [4.78, 5) is 65.8. The molecule has 6 atom stereocenters. The number of esters is 3. The van der Waals surface area contributed by atoms with Gasteiger partial charge in [-0.05, 0) is 74.9 Å². The standard InChI is InChI=1S/C50H66O13P2S3/c1-7-62-64(57,41-15-11-9-12-16-41)48(55)46-35(3)25-39(26-36(46)4)29-67-23-20-44(53)60-33-50(31-51,32-59-43(52)19-22-66)34-61-45(54)21-24-68-30-40-27-37(5)47(38(6)28-40)49(56)65(58,63-8-2)42-17-13-10-14-18-42/h9-18,25-28,35,37,46-47,51,66H,7-8,19-24,29-34H2,1-6H3. The molecular formula is C50H66O13P2S3. The monoisotopic (exact) mass is 1030 g/mol. The molecular weight excluding hydrogens is 967 g/mol. The smallest absolute Gasteiger partial charge is 0.306 e. The lowest BCUT2D eigenvalue weighted by atomic mass is 9.83. The maximum atomic E-state index is 14.0. The highest BCUT2D eigenvalue weighted by atomic mass is 32.2. The van der Waals surface area contributed by atoms with E-state index in [9.17, 15) is 38.2 Å². The van der Waals surface area contributed by atoms with Crippen LogP contribution in [0.3, 0.4) is 0 Å². The third-order valence-electron chi connectivity index (χ3n) is 11.4. The second-order valence-corrected chi connectivity index (χ2v) is 24.2. The van der Waals surface area contributed by atoms with Crippen LogP contribution in [0.2, 0.25) is 0 Å². The number of thiol groups is 1. The van der Waals surface area contributed by atoms with Crippen molar-refractivity contribution in [2.75, 3.05) is 68.4 Å². The predicted molar refractivity (Wildman–Crippen MR) is 274 cm³/mol. The molecule has 0 aliphatic heterocycles. The molecule has 2 aromatic carbocycles. The molecule has 4 rings (SSSR count). The summed E-state index contributed by atoms with van der Waals surface area (Å²) in [6.45, 7) is 9.51. The van der Waals surface area contributed by atoms with Crippen LogP contribution in [0.15, 0.2) is 107 Å². The highest BCUT2D eigenvalue weighted by Gasteiger charge is 2.44. The zero-order valence-corrected chi connectivity index (χ0v) is 44.1. The second-order valence-electron chi connectivity index (χ2n) is 16.9. The van der Waals surface area contributed by atoms with Crippen LogP contribution in [0.5, 0.6) is 0 Å². The Morgan fingerprint density at radius 3 is 1.32 bits per heavy atom. The summed E-state index contributed by atoms with van der Waals surface area (Å²) in [5.41, 5.74) is 1.23. The fourth-order valence-corrected chi connectivity index (χ4v) is 14.5. The van der Waals surface area contributed by atoms with Gasteiger partial charge < -0.3 is 28.4 Å². The number of allylic oxidation sites excluding steroid dienone is 6. The van der Waals surface area contributed by atoms with Gasteiger partial charge in [-0.1, -0.05) is 85.7 Å². The third-order valence-corrected chi connectivity index (χ3v) is 18.6. The molecule has 0 spiro atoms. The van der Waals surface area contributed by atoms with Gasteiger partial charge in [0, 0.05) is 39.4 Å². The summed E-state index contributed by atoms with van der Waals surface area (Å²) in [6, 6.07) is 17.1. The van der Waals surface area contributed by atoms with Crippen LogP contribution in [0.1, 0.15) is 60.8 Å². The molecule has 0 fully saturated rings. The van der Waals surface area contributed by atoms with Crippen LogP contribution in [-0.2, 0) is 56.4 Å². The Labute approximate surface area is 415 Å². The first kappa shape index (κ1) is 57.1. The highest BCUT2D eigenvalue weighted by Crippen LogP contribution is 2.53. The number of rotatable bonds is 29. The number of carbonyl (C=O) groups is 5. The molecule has 13 nitrogen and oxygen atoms in total. The number of aliphatic hydroxyl groups is 1. The van der Waals surface area contributed by atoms with Crippen LogP contribution in [0.25, 0.3) is 0 Å². The summed E-state index contributed by atoms with van der Waals surface area (Å²) in [5, 5.41) is 11.3. The molecule has 2 aliphatic rings. The van der Waals surface area contributed by atoms with E-state index in [0.29, 0.717) is 33.6 Å². The fraction of sp³-hybridized carbons (Fsp3) is 0.500. The maximum absolute atomic E-state index is 14.0. The Morgan fingerprint density at radius 1 is 0.632 bits per heavy atom. The van der Waals surface area contributed by atoms with Crippen LogP contribution in [-0.4, -0.2) is 102 Å². The van der Waals surface area contributed by atoms with Crippen molar-refractivity contribution in [2.24, 2.45) is 29.1 Å². The van der Waals surface area contributed by atoms with Crippen LogP contribution >= 0.6 is 50.9 Å². The highest BCUT2D eigenvalue weighted by molar-refractivity contribution is 7.99. The average Bonchev–Trinajstić information content (AvgIpc) is 3.32. The summed E-state index contributed by atoms with van der Waals surface area (Å²) >= 11 is 7.06. The number of aliphatic hydroxyl groups excluding tert-OH is 1. The van der Waals surface area contributed by atoms with Crippen molar-refractivity contribution in [3.8, 4) is 0 Å². The number of hydrogen-bond acceptors (Lipinski definition) is 16. The van der Waals surface area contributed by atoms with Gasteiger partial charge in [0.1, 0.15) is 19.8 Å². The lowest BCUT2D eigenvalue weighted by Gasteiger charge is -2.30. The zero-order valence-electron chi connectivity index (χ0n) is 39.8. The number of carbonyl (C=O) groups excluding carboxylic acids is 5. The van der Waals surface area contributed by atoms with Crippen molar-refractivity contribution in [1.82, 2.24) is 0 Å². The van der Waals surface area contributed by atoms with E-state index in [1.54, 1.807) is 74.5 Å². The van der Waals surface area contributed by atoms with Crippen molar-refractivity contribution in [3.05, 3.63) is 107 Å². The number of ether oxygens (including phenoxy) is 3. The van der Waals surface area contributed by atoms with Gasteiger partial charge >= 0.3 is 17.9 Å². The van der Waals surface area contributed by atoms with E-state index in [1.807, 2.05) is 52.0 Å². The first-order valence-electron chi connectivity index (χ1n) is 22.8. The summed E-state index contributed by atoms with van der Waals surface area (Å²) < 4.78 is 55.8. The van der Waals surface area contributed by atoms with Crippen LogP contribution < -0.4 is 10.6 Å². The van der Waals surface area contributed by atoms with Crippen LogP contribution in [0, 0.1) is 29.1 Å². The lowest BCUT2D eigenvalue weighted by Crippen LogP contribution is -2.42. The minimum atomic E-state index is -3.79. The first-order chi connectivity index (χ1) is 32.5. The molecule has 372 valence electrons. The van der Waals surface area contributed by atoms with Crippen LogP contribution in [0.4, 0.5) is 0 Å². The Kier molecular flexibility index (Phi) is 23.4. The Balaban J connectivity index is 1.25. The largest absolute Gasteiger partial charge is 0.465 e. The molecule has 0 aromatic heterocycles. The minimum absolute atomic E-state index is 0.0178. The van der Waals surface area contributed by atoms with E-state index in [0.717, 1.165) is 22.3 Å². The number of thioether (sulfide) groups is 2. The SMILES string of the molecule is CCOP(=O)(C(=O)C1C(C)=CC(CSCCC(=O)OCC(CO)(COC(=O)CCS)COC(=O)CCSCC2=CC(C)C(C(=O)P(=O)(OCC)c3ccccc3)C(C)=C2)=CC1C)c1ccccc1. The Morgan fingerprint density at radius 2 is 1.00 bits per heavy atom. The van der Waals surface area contributed by atoms with Gasteiger partial charge in [0.15, 0.2) is 0 Å². The van der Waals surface area contributed by atoms with Gasteiger partial charge in [0.05, 0.1) is 56.3 Å². The van der Waals surface area contributed by atoms with E-state index in [4.69, 9.17) is 23.3 Å². The molecule has 68 heavy (non-hydrogen) atoms. The van der Waals surface area contributed by atoms with Gasteiger partial charge in [-0.15, -0.1) is 0 Å². The van der Waals surface area contributed by atoms with E-state index in [1.165, 1.54) is 23.5 Å². The topological polar surface area (TPSA) is 186 Å². The Bertz CT molecular complexity index is 2130. The van der Waals surface area contributed by atoms with Crippen molar-refractivity contribution in [2.45, 2.75) is 60.8 Å². The molecule has 0 saturated carbocycles. The minimum Gasteiger partial charge on any atom is -0.465 e. The van der Waals surface area contributed by atoms with Gasteiger partial charge in [0.2, 0.25) is 11.0 Å². The van der Waals surface area contributed by atoms with Crippen molar-refractivity contribution in [3.63, 3.8) is 0 Å². The predicted octanol–water partition coefficient (Wildman–Crippen LogP) is 8.77. The molecule has 2 aliphatic carbocycles. The fourth-order valence-electron chi connectivity index (χ4n) is 8.05. The summed E-state index contributed by atoms with van der Waals surface area (Å²) in [6.07, 6.45) is 7.90. The van der Waals surface area contributed by atoms with Crippen molar-refractivity contribution < 1.29 is 61.5 Å². The van der Waals surface area contributed by atoms with Gasteiger partial charge in [0.25, 0.3) is 14.7 Å². The normalized spacial score (nSPS) is 20.8.